The van der Waals surface area contributed by atoms with Crippen LogP contribution >= 0.6 is 0 Å². The van der Waals surface area contributed by atoms with Gasteiger partial charge in [-0.25, -0.2) is 0 Å². The van der Waals surface area contributed by atoms with Crippen LogP contribution < -0.4 is 19.7 Å². The molecule has 0 saturated heterocycles. The number of carbonyl (C=O) groups is 2. The monoisotopic (exact) mass is 366 g/mol. The van der Waals surface area contributed by atoms with Crippen LogP contribution in [0.15, 0.2) is 48.5 Å². The predicted octanol–water partition coefficient (Wildman–Crippen LogP) is 3.48. The Labute approximate surface area is 158 Å². The van der Waals surface area contributed by atoms with Crippen molar-refractivity contribution in [2.24, 2.45) is 0 Å². The summed E-state index contributed by atoms with van der Waals surface area (Å²) >= 11 is 0. The van der Waals surface area contributed by atoms with Gasteiger partial charge in [-0.15, -0.1) is 0 Å². The minimum absolute atomic E-state index is 0.00664. The van der Waals surface area contributed by atoms with Gasteiger partial charge >= 0.3 is 0 Å². The van der Waals surface area contributed by atoms with Gasteiger partial charge in [0.15, 0.2) is 11.5 Å². The first-order valence-corrected chi connectivity index (χ1v) is 8.81. The van der Waals surface area contributed by atoms with Gasteiger partial charge in [-0.3, -0.25) is 14.5 Å². The summed E-state index contributed by atoms with van der Waals surface area (Å²) in [6.07, 6.45) is 4.06. The Bertz CT molecular complexity index is 876. The van der Waals surface area contributed by atoms with Crippen LogP contribution in [0.25, 0.3) is 6.08 Å². The third kappa shape index (κ3) is 4.28. The van der Waals surface area contributed by atoms with E-state index in [9.17, 15) is 9.59 Å². The zero-order chi connectivity index (χ0) is 19.2. The van der Waals surface area contributed by atoms with E-state index >= 15 is 0 Å². The summed E-state index contributed by atoms with van der Waals surface area (Å²) in [6, 6.07) is 12.7. The average molecular weight is 366 g/mol. The SMILES string of the molecule is CCCOc1ccc(C=CC(=O)N2CC(=O)Nc3ccccc32)cc1OC. The first kappa shape index (κ1) is 18.5. The van der Waals surface area contributed by atoms with Gasteiger partial charge < -0.3 is 14.8 Å². The van der Waals surface area contributed by atoms with Crippen LogP contribution in [0.5, 0.6) is 11.5 Å². The number of nitrogens with one attached hydrogen (secondary N) is 1. The molecule has 2 amide bonds. The molecule has 140 valence electrons. The van der Waals surface area contributed by atoms with Crippen LogP contribution in [0.2, 0.25) is 0 Å². The topological polar surface area (TPSA) is 67.9 Å². The third-order valence-corrected chi connectivity index (χ3v) is 4.10. The summed E-state index contributed by atoms with van der Waals surface area (Å²) in [4.78, 5) is 26.0. The van der Waals surface area contributed by atoms with Gasteiger partial charge in [0.05, 0.1) is 25.1 Å². The fourth-order valence-electron chi connectivity index (χ4n) is 2.81. The van der Waals surface area contributed by atoms with E-state index in [1.54, 1.807) is 19.3 Å². The lowest BCUT2D eigenvalue weighted by Crippen LogP contribution is -2.41. The largest absolute Gasteiger partial charge is 0.493 e. The summed E-state index contributed by atoms with van der Waals surface area (Å²) < 4.78 is 11.0. The number of methoxy groups -OCH3 is 1. The molecule has 0 spiro atoms. The second kappa shape index (κ2) is 8.40. The first-order valence-electron chi connectivity index (χ1n) is 8.81. The van der Waals surface area contributed by atoms with Crippen LogP contribution in [0.3, 0.4) is 0 Å². The molecule has 1 heterocycles. The van der Waals surface area contributed by atoms with Crippen molar-refractivity contribution in [3.05, 3.63) is 54.1 Å². The number of nitrogens with zero attached hydrogens (tertiary/aromatic N) is 1. The molecule has 0 fully saturated rings. The van der Waals surface area contributed by atoms with Gasteiger partial charge in [0.25, 0.3) is 5.91 Å². The molecule has 0 aromatic heterocycles. The number of rotatable bonds is 6. The van der Waals surface area contributed by atoms with Crippen molar-refractivity contribution in [1.82, 2.24) is 0 Å². The molecular formula is C21H22N2O4. The zero-order valence-corrected chi connectivity index (χ0v) is 15.4. The molecule has 6 heteroatoms. The highest BCUT2D eigenvalue weighted by Crippen LogP contribution is 2.30. The van der Waals surface area contributed by atoms with Crippen LogP contribution in [0, 0.1) is 0 Å². The van der Waals surface area contributed by atoms with Gasteiger partial charge in [-0.2, -0.15) is 0 Å². The van der Waals surface area contributed by atoms with E-state index in [1.165, 1.54) is 11.0 Å². The van der Waals surface area contributed by atoms with E-state index in [0.717, 1.165) is 12.0 Å². The molecule has 0 atom stereocenters. The summed E-state index contributed by atoms with van der Waals surface area (Å²) in [7, 11) is 1.58. The second-order valence-corrected chi connectivity index (χ2v) is 6.08. The number of anilines is 2. The summed E-state index contributed by atoms with van der Waals surface area (Å²) in [5, 5.41) is 2.77. The molecule has 0 radical (unpaired) electrons. The lowest BCUT2D eigenvalue weighted by atomic mass is 10.1. The number of ether oxygens (including phenoxy) is 2. The van der Waals surface area contributed by atoms with Gasteiger partial charge in [0.2, 0.25) is 5.91 Å². The van der Waals surface area contributed by atoms with Gasteiger partial charge in [0.1, 0.15) is 6.54 Å². The highest BCUT2D eigenvalue weighted by molar-refractivity contribution is 6.13. The van der Waals surface area contributed by atoms with Crippen molar-refractivity contribution >= 4 is 29.3 Å². The predicted molar refractivity (Wildman–Crippen MR) is 105 cm³/mol. The fourth-order valence-corrected chi connectivity index (χ4v) is 2.81. The highest BCUT2D eigenvalue weighted by atomic mass is 16.5. The Morgan fingerprint density at radius 2 is 2.04 bits per heavy atom. The third-order valence-electron chi connectivity index (χ3n) is 4.10. The fraction of sp³-hybridized carbons (Fsp3) is 0.238. The van der Waals surface area contributed by atoms with Crippen molar-refractivity contribution in [3.63, 3.8) is 0 Å². The minimum atomic E-state index is -0.262. The molecule has 3 rings (SSSR count). The summed E-state index contributed by atoms with van der Waals surface area (Å²) in [5.74, 6) is 0.808. The molecule has 0 aliphatic carbocycles. The van der Waals surface area contributed by atoms with E-state index in [0.29, 0.717) is 29.5 Å². The zero-order valence-electron chi connectivity index (χ0n) is 15.4. The normalized spacial score (nSPS) is 13.3. The number of para-hydroxylation sites is 2. The van der Waals surface area contributed by atoms with Crippen LogP contribution in [0.4, 0.5) is 11.4 Å². The van der Waals surface area contributed by atoms with E-state index in [-0.39, 0.29) is 18.4 Å². The lowest BCUT2D eigenvalue weighted by Gasteiger charge is -2.28. The molecule has 2 aromatic rings. The molecule has 2 aromatic carbocycles. The van der Waals surface area contributed by atoms with Crippen LogP contribution in [-0.2, 0) is 9.59 Å². The van der Waals surface area contributed by atoms with E-state index < -0.39 is 0 Å². The van der Waals surface area contributed by atoms with Crippen molar-refractivity contribution in [3.8, 4) is 11.5 Å². The number of hydrogen-bond acceptors (Lipinski definition) is 4. The van der Waals surface area contributed by atoms with E-state index in [4.69, 9.17) is 9.47 Å². The van der Waals surface area contributed by atoms with E-state index in [2.05, 4.69) is 5.32 Å². The summed E-state index contributed by atoms with van der Waals surface area (Å²) in [6.45, 7) is 2.64. The van der Waals surface area contributed by atoms with Gasteiger partial charge in [0, 0.05) is 6.08 Å². The van der Waals surface area contributed by atoms with E-state index in [1.807, 2.05) is 43.3 Å². The molecule has 1 N–H and O–H groups in total. The molecular weight excluding hydrogens is 344 g/mol. The van der Waals surface area contributed by atoms with Crippen molar-refractivity contribution in [1.29, 1.82) is 0 Å². The molecule has 1 aliphatic rings. The van der Waals surface area contributed by atoms with Crippen LogP contribution in [0.1, 0.15) is 18.9 Å². The van der Waals surface area contributed by atoms with Gasteiger partial charge in [-0.1, -0.05) is 25.1 Å². The molecule has 1 aliphatic heterocycles. The Kier molecular flexibility index (Phi) is 5.76. The molecule has 27 heavy (non-hydrogen) atoms. The Morgan fingerprint density at radius 3 is 2.81 bits per heavy atom. The van der Waals surface area contributed by atoms with Crippen molar-refractivity contribution < 1.29 is 19.1 Å². The van der Waals surface area contributed by atoms with Crippen molar-refractivity contribution in [2.75, 3.05) is 30.5 Å². The van der Waals surface area contributed by atoms with Gasteiger partial charge in [-0.05, 0) is 42.3 Å². The number of benzene rings is 2. The average Bonchev–Trinajstić information content (AvgIpc) is 2.69. The Balaban J connectivity index is 1.78. The molecule has 6 nitrogen and oxygen atoms in total. The number of hydrogen-bond donors (Lipinski definition) is 1. The first-order chi connectivity index (χ1) is 13.1. The highest BCUT2D eigenvalue weighted by Gasteiger charge is 2.25. The number of carbonyl (C=O) groups excluding carboxylic acids is 2. The molecule has 0 saturated carbocycles. The standard InChI is InChI=1S/C21H22N2O4/c1-3-12-27-18-10-8-15(13-19(18)26-2)9-11-21(25)23-14-20(24)22-16-6-4-5-7-17(16)23/h4-11,13H,3,12,14H2,1-2H3,(H,22,24). The molecule has 0 unspecified atom stereocenters. The second-order valence-electron chi connectivity index (χ2n) is 6.08. The number of amides is 2. The Hall–Kier alpha value is -3.28. The molecule has 0 bridgehead atoms. The Morgan fingerprint density at radius 1 is 1.22 bits per heavy atom. The maximum Gasteiger partial charge on any atom is 0.251 e. The maximum atomic E-state index is 12.6. The quantitative estimate of drug-likeness (QED) is 0.795. The maximum absolute atomic E-state index is 12.6. The van der Waals surface area contributed by atoms with Crippen LogP contribution in [-0.4, -0.2) is 32.1 Å². The summed E-state index contributed by atoms with van der Waals surface area (Å²) in [5.41, 5.74) is 2.13. The van der Waals surface area contributed by atoms with Crippen molar-refractivity contribution in [2.45, 2.75) is 13.3 Å². The minimum Gasteiger partial charge on any atom is -0.493 e. The smallest absolute Gasteiger partial charge is 0.251 e. The number of fused-ring (bicyclic) bond motifs is 1. The lowest BCUT2D eigenvalue weighted by molar-refractivity contribution is -0.119.